The zero-order chi connectivity index (χ0) is 14.7. The van der Waals surface area contributed by atoms with Gasteiger partial charge in [-0.3, -0.25) is 4.90 Å². The number of rotatable bonds is 4. The van der Waals surface area contributed by atoms with Gasteiger partial charge in [0, 0.05) is 19.3 Å². The molecular weight excluding hydrogens is 260 g/mol. The van der Waals surface area contributed by atoms with Crippen LogP contribution in [-0.2, 0) is 11.2 Å². The molecular formula is C14H18N2O4. The lowest BCUT2D eigenvalue weighted by Crippen LogP contribution is -2.44. The van der Waals surface area contributed by atoms with Crippen LogP contribution in [0.3, 0.4) is 0 Å². The number of methoxy groups -OCH3 is 1. The minimum absolute atomic E-state index is 0.0980. The number of benzene rings is 1. The second kappa shape index (κ2) is 5.92. The van der Waals surface area contributed by atoms with E-state index in [2.05, 4.69) is 5.32 Å². The number of fused-ring (bicyclic) bond motifs is 1. The molecule has 0 spiro atoms. The Morgan fingerprint density at radius 3 is 2.90 bits per heavy atom. The zero-order valence-corrected chi connectivity index (χ0v) is 11.5. The van der Waals surface area contributed by atoms with E-state index in [1.54, 1.807) is 30.2 Å². The second-order valence-electron chi connectivity index (χ2n) is 4.86. The fourth-order valence-electron chi connectivity index (χ4n) is 2.30. The molecule has 1 aliphatic heterocycles. The van der Waals surface area contributed by atoms with Crippen molar-refractivity contribution >= 4 is 17.7 Å². The van der Waals surface area contributed by atoms with Gasteiger partial charge >= 0.3 is 12.0 Å². The van der Waals surface area contributed by atoms with Gasteiger partial charge in [-0.1, -0.05) is 6.07 Å². The topological polar surface area (TPSA) is 78.9 Å². The van der Waals surface area contributed by atoms with Crippen molar-refractivity contribution in [2.24, 2.45) is 0 Å². The normalized spacial score (nSPS) is 14.8. The van der Waals surface area contributed by atoms with Crippen molar-refractivity contribution in [3.05, 3.63) is 29.3 Å². The Bertz CT molecular complexity index is 530. The van der Waals surface area contributed by atoms with Crippen molar-refractivity contribution < 1.29 is 19.4 Å². The minimum Gasteiger partial charge on any atom is -0.478 e. The van der Waals surface area contributed by atoms with E-state index in [-0.39, 0.29) is 17.6 Å². The van der Waals surface area contributed by atoms with Crippen LogP contribution in [0.25, 0.3) is 0 Å². The number of amides is 2. The Morgan fingerprint density at radius 2 is 2.25 bits per heavy atom. The van der Waals surface area contributed by atoms with E-state index in [9.17, 15) is 9.59 Å². The predicted molar refractivity (Wildman–Crippen MR) is 74.3 cm³/mol. The molecule has 0 saturated carbocycles. The maximum absolute atomic E-state index is 12.2. The van der Waals surface area contributed by atoms with Crippen molar-refractivity contribution in [1.29, 1.82) is 0 Å². The molecule has 1 heterocycles. The van der Waals surface area contributed by atoms with Gasteiger partial charge in [0.25, 0.3) is 0 Å². The van der Waals surface area contributed by atoms with Crippen LogP contribution in [0.4, 0.5) is 10.5 Å². The Kier molecular flexibility index (Phi) is 4.24. The van der Waals surface area contributed by atoms with Crippen LogP contribution in [0.1, 0.15) is 22.8 Å². The first-order valence-corrected chi connectivity index (χ1v) is 6.46. The zero-order valence-electron chi connectivity index (χ0n) is 11.5. The van der Waals surface area contributed by atoms with Crippen LogP contribution in [0.2, 0.25) is 0 Å². The van der Waals surface area contributed by atoms with Crippen LogP contribution in [0, 0.1) is 0 Å². The number of aromatic carboxylic acids is 1. The summed E-state index contributed by atoms with van der Waals surface area (Å²) in [7, 11) is 1.58. The summed E-state index contributed by atoms with van der Waals surface area (Å²) in [4.78, 5) is 24.8. The van der Waals surface area contributed by atoms with Gasteiger partial charge in [0.05, 0.1) is 18.2 Å². The molecule has 6 nitrogen and oxygen atoms in total. The van der Waals surface area contributed by atoms with E-state index in [0.29, 0.717) is 18.8 Å². The standard InChI is InChI=1S/C14H18N2O4/c1-9(8-20-2)15-14(19)16-6-5-10-3-4-11(13(17)18)7-12(10)16/h3-4,7,9H,5-6,8H2,1-2H3,(H,15,19)(H,17,18). The van der Waals surface area contributed by atoms with Gasteiger partial charge in [-0.15, -0.1) is 0 Å². The summed E-state index contributed by atoms with van der Waals surface area (Å²) in [5, 5.41) is 11.8. The lowest BCUT2D eigenvalue weighted by molar-refractivity contribution is 0.0697. The Labute approximate surface area is 117 Å². The van der Waals surface area contributed by atoms with Gasteiger partial charge < -0.3 is 15.2 Å². The highest BCUT2D eigenvalue weighted by Gasteiger charge is 2.26. The molecule has 1 aliphatic rings. The van der Waals surface area contributed by atoms with Crippen molar-refractivity contribution in [2.45, 2.75) is 19.4 Å². The van der Waals surface area contributed by atoms with Crippen molar-refractivity contribution in [3.8, 4) is 0 Å². The molecule has 0 radical (unpaired) electrons. The third kappa shape index (κ3) is 2.91. The first-order valence-electron chi connectivity index (χ1n) is 6.46. The minimum atomic E-state index is -0.993. The molecule has 1 unspecified atom stereocenters. The summed E-state index contributed by atoms with van der Waals surface area (Å²) in [5.41, 5.74) is 1.85. The van der Waals surface area contributed by atoms with Crippen LogP contribution >= 0.6 is 0 Å². The number of anilines is 1. The van der Waals surface area contributed by atoms with E-state index in [1.807, 2.05) is 6.92 Å². The van der Waals surface area contributed by atoms with Crippen LogP contribution < -0.4 is 10.2 Å². The summed E-state index contributed by atoms with van der Waals surface area (Å²) in [6.07, 6.45) is 0.737. The number of ether oxygens (including phenoxy) is 1. The number of nitrogens with one attached hydrogen (secondary N) is 1. The van der Waals surface area contributed by atoms with Crippen molar-refractivity contribution in [2.75, 3.05) is 25.2 Å². The number of nitrogens with zero attached hydrogens (tertiary/aromatic N) is 1. The van der Waals surface area contributed by atoms with Gasteiger partial charge in [0.1, 0.15) is 0 Å². The smallest absolute Gasteiger partial charge is 0.335 e. The highest BCUT2D eigenvalue weighted by atomic mass is 16.5. The monoisotopic (exact) mass is 278 g/mol. The number of hydrogen-bond donors (Lipinski definition) is 2. The van der Waals surface area contributed by atoms with Crippen LogP contribution in [0.15, 0.2) is 18.2 Å². The lowest BCUT2D eigenvalue weighted by Gasteiger charge is -2.21. The number of carbonyl (C=O) groups excluding carboxylic acids is 1. The van der Waals surface area contributed by atoms with E-state index in [0.717, 1.165) is 12.0 Å². The number of urea groups is 1. The summed E-state index contributed by atoms with van der Waals surface area (Å²) < 4.78 is 4.98. The Balaban J connectivity index is 2.16. The first-order chi connectivity index (χ1) is 9.52. The maximum atomic E-state index is 12.2. The van der Waals surface area contributed by atoms with Gasteiger partial charge in [-0.2, -0.15) is 0 Å². The number of carbonyl (C=O) groups is 2. The highest BCUT2D eigenvalue weighted by molar-refractivity contribution is 5.97. The lowest BCUT2D eigenvalue weighted by atomic mass is 10.1. The van der Waals surface area contributed by atoms with E-state index in [1.165, 1.54) is 0 Å². The molecule has 0 bridgehead atoms. The molecule has 2 amide bonds. The molecule has 6 heteroatoms. The molecule has 0 saturated heterocycles. The summed E-state index contributed by atoms with van der Waals surface area (Å²) in [6.45, 7) is 2.84. The van der Waals surface area contributed by atoms with Crippen LogP contribution in [-0.4, -0.2) is 43.4 Å². The van der Waals surface area contributed by atoms with E-state index < -0.39 is 5.97 Å². The molecule has 0 aliphatic carbocycles. The largest absolute Gasteiger partial charge is 0.478 e. The molecule has 2 N–H and O–H groups in total. The summed E-state index contributed by atoms with van der Waals surface area (Å²) in [6, 6.07) is 4.56. The van der Waals surface area contributed by atoms with Gasteiger partial charge in [0.15, 0.2) is 0 Å². The fraction of sp³-hybridized carbons (Fsp3) is 0.429. The van der Waals surface area contributed by atoms with Gasteiger partial charge in [-0.25, -0.2) is 9.59 Å². The molecule has 20 heavy (non-hydrogen) atoms. The third-order valence-corrected chi connectivity index (χ3v) is 3.26. The summed E-state index contributed by atoms with van der Waals surface area (Å²) >= 11 is 0. The Morgan fingerprint density at radius 1 is 1.50 bits per heavy atom. The summed E-state index contributed by atoms with van der Waals surface area (Å²) in [5.74, 6) is -0.993. The molecule has 0 aromatic heterocycles. The van der Waals surface area contributed by atoms with Gasteiger partial charge in [-0.05, 0) is 31.0 Å². The predicted octanol–water partition coefficient (Wildman–Crippen LogP) is 1.49. The molecule has 108 valence electrons. The average Bonchev–Trinajstić information content (AvgIpc) is 2.81. The fourth-order valence-corrected chi connectivity index (χ4v) is 2.30. The molecule has 1 aromatic rings. The SMILES string of the molecule is COCC(C)NC(=O)N1CCc2ccc(C(=O)O)cc21. The number of hydrogen-bond acceptors (Lipinski definition) is 3. The first kappa shape index (κ1) is 14.3. The van der Waals surface area contributed by atoms with Crippen molar-refractivity contribution in [1.82, 2.24) is 5.32 Å². The maximum Gasteiger partial charge on any atom is 0.335 e. The van der Waals surface area contributed by atoms with E-state index in [4.69, 9.17) is 9.84 Å². The molecule has 2 rings (SSSR count). The Hall–Kier alpha value is -2.08. The number of carboxylic acids is 1. The highest BCUT2D eigenvalue weighted by Crippen LogP contribution is 2.29. The van der Waals surface area contributed by atoms with Gasteiger partial charge in [0.2, 0.25) is 0 Å². The third-order valence-electron chi connectivity index (χ3n) is 3.26. The average molecular weight is 278 g/mol. The molecule has 1 aromatic carbocycles. The molecule has 1 atom stereocenters. The molecule has 0 fully saturated rings. The quantitative estimate of drug-likeness (QED) is 0.874. The second-order valence-corrected chi connectivity index (χ2v) is 4.86. The van der Waals surface area contributed by atoms with Crippen LogP contribution in [0.5, 0.6) is 0 Å². The van der Waals surface area contributed by atoms with Crippen molar-refractivity contribution in [3.63, 3.8) is 0 Å². The van der Waals surface area contributed by atoms with E-state index >= 15 is 0 Å². The number of carboxylic acid groups (broad SMARTS) is 1.